The van der Waals surface area contributed by atoms with Crippen molar-refractivity contribution in [1.82, 2.24) is 15.2 Å². The summed E-state index contributed by atoms with van der Waals surface area (Å²) in [6, 6.07) is 11.5. The topological polar surface area (TPSA) is 54.5 Å². The van der Waals surface area contributed by atoms with Crippen LogP contribution < -0.4 is 10.1 Å². The van der Waals surface area contributed by atoms with Gasteiger partial charge in [0, 0.05) is 41.9 Å². The third-order valence-electron chi connectivity index (χ3n) is 4.31. The first kappa shape index (κ1) is 22.7. The fourth-order valence-electron chi connectivity index (χ4n) is 2.70. The number of pyridine rings is 1. The van der Waals surface area contributed by atoms with Crippen molar-refractivity contribution in [3.63, 3.8) is 0 Å². The van der Waals surface area contributed by atoms with Crippen LogP contribution in [0.15, 0.2) is 47.1 Å². The number of nitrogens with zero attached hydrogens (tertiary/aromatic N) is 2. The van der Waals surface area contributed by atoms with Crippen molar-refractivity contribution in [3.8, 4) is 11.6 Å². The van der Waals surface area contributed by atoms with E-state index in [0.717, 1.165) is 11.0 Å². The average molecular weight is 463 g/mol. The highest BCUT2D eigenvalue weighted by Gasteiger charge is 2.28. The van der Waals surface area contributed by atoms with E-state index in [1.165, 1.54) is 0 Å². The minimum atomic E-state index is 0. The molecule has 142 valence electrons. The summed E-state index contributed by atoms with van der Waals surface area (Å²) >= 11 is 3.39. The van der Waals surface area contributed by atoms with Crippen LogP contribution in [-0.4, -0.2) is 41.0 Å². The van der Waals surface area contributed by atoms with Crippen molar-refractivity contribution < 1.29 is 9.53 Å². The van der Waals surface area contributed by atoms with Gasteiger partial charge in [-0.3, -0.25) is 4.79 Å². The molecule has 1 aliphatic heterocycles. The predicted molar refractivity (Wildman–Crippen MR) is 111 cm³/mol. The lowest BCUT2D eigenvalue weighted by Gasteiger charge is -2.38. The van der Waals surface area contributed by atoms with Crippen LogP contribution in [0.4, 0.5) is 0 Å². The molecule has 0 saturated carbocycles. The lowest BCUT2D eigenvalue weighted by Crippen LogP contribution is -2.57. The van der Waals surface area contributed by atoms with Crippen molar-refractivity contribution >= 4 is 46.7 Å². The normalized spacial score (nSPS) is 19.1. The molecule has 1 amide bonds. The molecule has 0 bridgehead atoms. The summed E-state index contributed by atoms with van der Waals surface area (Å²) in [7, 11) is 0. The van der Waals surface area contributed by atoms with Gasteiger partial charge >= 0.3 is 0 Å². The SMILES string of the molecule is CC1NCCN(C(=O)c2ccc(Oc3ccc(Br)cc3)nc2)C1C.Cl.Cl. The van der Waals surface area contributed by atoms with Gasteiger partial charge in [0.25, 0.3) is 5.91 Å². The molecule has 1 N–H and O–H groups in total. The van der Waals surface area contributed by atoms with Gasteiger partial charge in [-0.05, 0) is 44.2 Å². The zero-order valence-electron chi connectivity index (χ0n) is 14.5. The molecule has 1 saturated heterocycles. The molecule has 0 spiro atoms. The summed E-state index contributed by atoms with van der Waals surface area (Å²) in [5.74, 6) is 1.18. The number of piperazine rings is 1. The Kier molecular flexibility index (Phi) is 8.83. The maximum atomic E-state index is 12.7. The molecule has 2 heterocycles. The molecule has 8 heteroatoms. The fraction of sp³-hybridized carbons (Fsp3) is 0.333. The van der Waals surface area contributed by atoms with Gasteiger partial charge in [-0.1, -0.05) is 15.9 Å². The number of carbonyl (C=O) groups is 1. The number of benzene rings is 1. The number of hydrogen-bond donors (Lipinski definition) is 1. The maximum Gasteiger partial charge on any atom is 0.255 e. The number of aromatic nitrogens is 1. The highest BCUT2D eigenvalue weighted by atomic mass is 79.9. The molecule has 1 aliphatic rings. The molecule has 5 nitrogen and oxygen atoms in total. The highest BCUT2D eigenvalue weighted by molar-refractivity contribution is 9.10. The molecule has 1 fully saturated rings. The summed E-state index contributed by atoms with van der Waals surface area (Å²) < 4.78 is 6.67. The van der Waals surface area contributed by atoms with E-state index in [4.69, 9.17) is 4.74 Å². The number of rotatable bonds is 3. The van der Waals surface area contributed by atoms with Crippen molar-refractivity contribution in [2.24, 2.45) is 0 Å². The smallest absolute Gasteiger partial charge is 0.255 e. The molecule has 2 aromatic rings. The highest BCUT2D eigenvalue weighted by Crippen LogP contribution is 2.22. The third kappa shape index (κ3) is 5.33. The van der Waals surface area contributed by atoms with E-state index in [9.17, 15) is 4.79 Å². The van der Waals surface area contributed by atoms with Crippen LogP contribution in [0.5, 0.6) is 11.6 Å². The van der Waals surface area contributed by atoms with Crippen LogP contribution in [0.1, 0.15) is 24.2 Å². The van der Waals surface area contributed by atoms with Gasteiger partial charge in [0.15, 0.2) is 0 Å². The largest absolute Gasteiger partial charge is 0.439 e. The Labute approximate surface area is 174 Å². The lowest BCUT2D eigenvalue weighted by molar-refractivity contribution is 0.0602. The van der Waals surface area contributed by atoms with Crippen LogP contribution in [0.3, 0.4) is 0 Å². The first-order valence-electron chi connectivity index (χ1n) is 7.98. The van der Waals surface area contributed by atoms with Gasteiger partial charge in [0.05, 0.1) is 5.56 Å². The first-order valence-corrected chi connectivity index (χ1v) is 8.78. The van der Waals surface area contributed by atoms with E-state index < -0.39 is 0 Å². The Bertz CT molecular complexity index is 713. The summed E-state index contributed by atoms with van der Waals surface area (Å²) in [5, 5.41) is 3.38. The number of halogens is 3. The molecular formula is C18H22BrCl2N3O2. The molecule has 0 aliphatic carbocycles. The van der Waals surface area contributed by atoms with Gasteiger partial charge in [-0.25, -0.2) is 4.98 Å². The van der Waals surface area contributed by atoms with Crippen molar-refractivity contribution in [1.29, 1.82) is 0 Å². The molecule has 1 aromatic carbocycles. The zero-order chi connectivity index (χ0) is 17.1. The molecule has 1 aromatic heterocycles. The Morgan fingerprint density at radius 1 is 1.19 bits per heavy atom. The molecule has 0 radical (unpaired) electrons. The second kappa shape index (κ2) is 10.1. The minimum Gasteiger partial charge on any atom is -0.439 e. The third-order valence-corrected chi connectivity index (χ3v) is 4.84. The molecule has 2 atom stereocenters. The Balaban J connectivity index is 0.00000169. The van der Waals surface area contributed by atoms with Crippen LogP contribution in [0.2, 0.25) is 0 Å². The summed E-state index contributed by atoms with van der Waals surface area (Å²) in [4.78, 5) is 18.8. The van der Waals surface area contributed by atoms with Crippen LogP contribution in [0.25, 0.3) is 0 Å². The monoisotopic (exact) mass is 461 g/mol. The second-order valence-electron chi connectivity index (χ2n) is 5.92. The number of nitrogens with one attached hydrogen (secondary N) is 1. The van der Waals surface area contributed by atoms with E-state index in [1.54, 1.807) is 18.3 Å². The Morgan fingerprint density at radius 3 is 2.50 bits per heavy atom. The standard InChI is InChI=1S/C18H20BrN3O2.2ClH/c1-12-13(2)22(10-9-20-12)18(23)14-3-8-17(21-11-14)24-16-6-4-15(19)5-7-16;;/h3-8,11-13,20H,9-10H2,1-2H3;2*1H. The number of hydrogen-bond acceptors (Lipinski definition) is 4. The lowest BCUT2D eigenvalue weighted by atomic mass is 10.1. The number of carbonyl (C=O) groups excluding carboxylic acids is 1. The Hall–Kier alpha value is -1.34. The zero-order valence-corrected chi connectivity index (χ0v) is 17.7. The quantitative estimate of drug-likeness (QED) is 0.738. The van der Waals surface area contributed by atoms with Gasteiger partial charge < -0.3 is 15.0 Å². The van der Waals surface area contributed by atoms with E-state index in [-0.39, 0.29) is 42.8 Å². The van der Waals surface area contributed by atoms with Crippen molar-refractivity contribution in [2.45, 2.75) is 25.9 Å². The Morgan fingerprint density at radius 2 is 1.88 bits per heavy atom. The average Bonchev–Trinajstić information content (AvgIpc) is 2.59. The van der Waals surface area contributed by atoms with Crippen LogP contribution in [-0.2, 0) is 0 Å². The van der Waals surface area contributed by atoms with E-state index in [0.29, 0.717) is 23.7 Å². The van der Waals surface area contributed by atoms with Crippen molar-refractivity contribution in [3.05, 3.63) is 52.6 Å². The summed E-state index contributed by atoms with van der Waals surface area (Å²) in [5.41, 5.74) is 0.583. The molecule has 26 heavy (non-hydrogen) atoms. The first-order chi connectivity index (χ1) is 11.5. The van der Waals surface area contributed by atoms with Gasteiger partial charge in [0.1, 0.15) is 5.75 Å². The molecular weight excluding hydrogens is 441 g/mol. The second-order valence-corrected chi connectivity index (χ2v) is 6.84. The van der Waals surface area contributed by atoms with Gasteiger partial charge in [-0.2, -0.15) is 0 Å². The van der Waals surface area contributed by atoms with Crippen molar-refractivity contribution in [2.75, 3.05) is 13.1 Å². The molecule has 2 unspecified atom stereocenters. The van der Waals surface area contributed by atoms with E-state index >= 15 is 0 Å². The summed E-state index contributed by atoms with van der Waals surface area (Å²) in [6.07, 6.45) is 1.58. The molecule has 3 rings (SSSR count). The minimum absolute atomic E-state index is 0. The van der Waals surface area contributed by atoms with E-state index in [1.807, 2.05) is 29.2 Å². The number of amides is 1. The maximum absolute atomic E-state index is 12.7. The predicted octanol–water partition coefficient (Wildman–Crippen LogP) is 4.30. The number of ether oxygens (including phenoxy) is 1. The fourth-order valence-corrected chi connectivity index (χ4v) is 2.96. The van der Waals surface area contributed by atoms with Gasteiger partial charge in [0.2, 0.25) is 5.88 Å². The van der Waals surface area contributed by atoms with Crippen LogP contribution in [0, 0.1) is 0 Å². The van der Waals surface area contributed by atoms with Gasteiger partial charge in [-0.15, -0.1) is 24.8 Å². The van der Waals surface area contributed by atoms with E-state index in [2.05, 4.69) is 40.1 Å². The van der Waals surface area contributed by atoms with Crippen LogP contribution >= 0.6 is 40.7 Å². The summed E-state index contributed by atoms with van der Waals surface area (Å²) in [6.45, 7) is 5.68.